The standard InChI is InChI=1S/C17H26N6S/c1-21-10-5-13(6-11-21)23(3)17-19-14-7-12-24-15(14)16(20-17)22(2)9-4-8-18/h13H,4-7,9-12H2,1-3H3. The van der Waals surface area contributed by atoms with Gasteiger partial charge in [-0.15, -0.1) is 11.8 Å². The number of aromatic nitrogens is 2. The van der Waals surface area contributed by atoms with Crippen molar-refractivity contribution in [2.45, 2.75) is 36.6 Å². The molecule has 1 fully saturated rings. The minimum atomic E-state index is 0.505. The Labute approximate surface area is 148 Å². The number of aryl methyl sites for hydroxylation is 1. The van der Waals surface area contributed by atoms with E-state index in [4.69, 9.17) is 15.2 Å². The van der Waals surface area contributed by atoms with E-state index in [1.807, 2.05) is 18.8 Å². The zero-order valence-corrected chi connectivity index (χ0v) is 15.6. The van der Waals surface area contributed by atoms with E-state index in [1.165, 1.54) is 10.6 Å². The number of rotatable bonds is 5. The van der Waals surface area contributed by atoms with Crippen molar-refractivity contribution in [1.29, 1.82) is 5.26 Å². The van der Waals surface area contributed by atoms with Gasteiger partial charge in [-0.2, -0.15) is 10.2 Å². The highest BCUT2D eigenvalue weighted by Gasteiger charge is 2.27. The van der Waals surface area contributed by atoms with Crippen LogP contribution in [0.25, 0.3) is 0 Å². The van der Waals surface area contributed by atoms with Gasteiger partial charge in [0.2, 0.25) is 5.95 Å². The summed E-state index contributed by atoms with van der Waals surface area (Å²) in [7, 11) is 6.33. The Bertz CT molecular complexity index is 620. The van der Waals surface area contributed by atoms with Gasteiger partial charge in [0.1, 0.15) is 5.82 Å². The molecule has 0 aromatic carbocycles. The van der Waals surface area contributed by atoms with Gasteiger partial charge in [0.25, 0.3) is 0 Å². The molecule has 0 atom stereocenters. The average Bonchev–Trinajstić information content (AvgIpc) is 3.07. The summed E-state index contributed by atoms with van der Waals surface area (Å²) < 4.78 is 0. The second-order valence-corrected chi connectivity index (χ2v) is 7.80. The molecule has 130 valence electrons. The van der Waals surface area contributed by atoms with Crippen molar-refractivity contribution in [2.75, 3.05) is 56.3 Å². The van der Waals surface area contributed by atoms with Crippen LogP contribution in [0.2, 0.25) is 0 Å². The van der Waals surface area contributed by atoms with Crippen LogP contribution in [0, 0.1) is 11.3 Å². The number of hydrogen-bond donors (Lipinski definition) is 0. The van der Waals surface area contributed by atoms with Crippen molar-refractivity contribution >= 4 is 23.5 Å². The fourth-order valence-corrected chi connectivity index (χ4v) is 4.47. The zero-order valence-electron chi connectivity index (χ0n) is 14.8. The molecule has 1 aromatic heterocycles. The van der Waals surface area contributed by atoms with Gasteiger partial charge in [-0.25, -0.2) is 4.98 Å². The smallest absolute Gasteiger partial charge is 0.227 e. The first-order valence-electron chi connectivity index (χ1n) is 8.63. The van der Waals surface area contributed by atoms with E-state index in [2.05, 4.69) is 34.9 Å². The van der Waals surface area contributed by atoms with Crippen LogP contribution >= 0.6 is 11.8 Å². The molecule has 1 aromatic rings. The fraction of sp³-hybridized carbons (Fsp3) is 0.706. The van der Waals surface area contributed by atoms with Crippen molar-refractivity contribution in [3.8, 4) is 6.07 Å². The lowest BCUT2D eigenvalue weighted by Gasteiger charge is -2.35. The number of anilines is 2. The molecular formula is C17H26N6S. The van der Waals surface area contributed by atoms with Crippen molar-refractivity contribution in [3.63, 3.8) is 0 Å². The number of thioether (sulfide) groups is 1. The fourth-order valence-electron chi connectivity index (χ4n) is 3.32. The van der Waals surface area contributed by atoms with Crippen LogP contribution < -0.4 is 9.80 Å². The predicted octanol–water partition coefficient (Wildman–Crippen LogP) is 2.01. The van der Waals surface area contributed by atoms with Gasteiger partial charge in [-0.1, -0.05) is 0 Å². The van der Waals surface area contributed by atoms with Crippen LogP contribution in [-0.4, -0.2) is 67.4 Å². The molecular weight excluding hydrogens is 320 g/mol. The average molecular weight is 347 g/mol. The Morgan fingerprint density at radius 1 is 1.29 bits per heavy atom. The van der Waals surface area contributed by atoms with Crippen molar-refractivity contribution in [2.24, 2.45) is 0 Å². The Kier molecular flexibility index (Phi) is 5.47. The Hall–Kier alpha value is -1.52. The van der Waals surface area contributed by atoms with Crippen LogP contribution in [0.3, 0.4) is 0 Å². The summed E-state index contributed by atoms with van der Waals surface area (Å²) in [5, 5.41) is 8.86. The van der Waals surface area contributed by atoms with E-state index in [1.54, 1.807) is 0 Å². The first-order valence-corrected chi connectivity index (χ1v) is 9.62. The topological polar surface area (TPSA) is 59.3 Å². The molecule has 0 aliphatic carbocycles. The number of hydrogen-bond acceptors (Lipinski definition) is 7. The maximum Gasteiger partial charge on any atom is 0.227 e. The molecule has 0 spiro atoms. The highest BCUT2D eigenvalue weighted by Crippen LogP contribution is 2.38. The van der Waals surface area contributed by atoms with Crippen molar-refractivity contribution in [3.05, 3.63) is 5.69 Å². The number of fused-ring (bicyclic) bond motifs is 1. The quantitative estimate of drug-likeness (QED) is 0.808. The van der Waals surface area contributed by atoms with E-state index in [0.29, 0.717) is 19.0 Å². The second-order valence-electron chi connectivity index (χ2n) is 6.70. The van der Waals surface area contributed by atoms with Crippen LogP contribution in [0.1, 0.15) is 25.0 Å². The van der Waals surface area contributed by atoms with E-state index < -0.39 is 0 Å². The van der Waals surface area contributed by atoms with Gasteiger partial charge >= 0.3 is 0 Å². The summed E-state index contributed by atoms with van der Waals surface area (Å²) in [6.45, 7) is 2.97. The Morgan fingerprint density at radius 2 is 2.04 bits per heavy atom. The minimum absolute atomic E-state index is 0.505. The third kappa shape index (κ3) is 3.60. The molecule has 1 saturated heterocycles. The lowest BCUT2D eigenvalue weighted by Crippen LogP contribution is -2.42. The Balaban J connectivity index is 1.84. The molecule has 0 N–H and O–H groups in total. The maximum absolute atomic E-state index is 8.86. The summed E-state index contributed by atoms with van der Waals surface area (Å²) in [4.78, 5) is 17.7. The number of nitrogens with zero attached hydrogens (tertiary/aromatic N) is 6. The minimum Gasteiger partial charge on any atom is -0.358 e. The first-order chi connectivity index (χ1) is 11.6. The molecule has 0 bridgehead atoms. The van der Waals surface area contributed by atoms with Crippen LogP contribution in [-0.2, 0) is 6.42 Å². The van der Waals surface area contributed by atoms with Crippen LogP contribution in [0.4, 0.5) is 11.8 Å². The predicted molar refractivity (Wildman–Crippen MR) is 98.9 cm³/mol. The van der Waals surface area contributed by atoms with E-state index in [9.17, 15) is 0 Å². The van der Waals surface area contributed by atoms with E-state index in [0.717, 1.165) is 49.9 Å². The highest BCUT2D eigenvalue weighted by atomic mass is 32.2. The molecule has 2 aliphatic rings. The lowest BCUT2D eigenvalue weighted by atomic mass is 10.0. The molecule has 0 radical (unpaired) electrons. The largest absolute Gasteiger partial charge is 0.358 e. The van der Waals surface area contributed by atoms with Crippen molar-refractivity contribution in [1.82, 2.24) is 14.9 Å². The number of piperidine rings is 1. The van der Waals surface area contributed by atoms with Crippen molar-refractivity contribution < 1.29 is 0 Å². The van der Waals surface area contributed by atoms with Gasteiger partial charge in [0, 0.05) is 38.9 Å². The third-order valence-corrected chi connectivity index (χ3v) is 6.08. The normalized spacial score (nSPS) is 18.2. The molecule has 7 heteroatoms. The molecule has 2 aliphatic heterocycles. The molecule has 0 unspecified atom stereocenters. The summed E-state index contributed by atoms with van der Waals surface area (Å²) in [6, 6.07) is 2.73. The van der Waals surface area contributed by atoms with Gasteiger partial charge in [0.05, 0.1) is 23.1 Å². The second kappa shape index (κ2) is 7.58. The summed E-state index contributed by atoms with van der Waals surface area (Å²) in [5.41, 5.74) is 1.17. The van der Waals surface area contributed by atoms with Gasteiger partial charge in [-0.3, -0.25) is 0 Å². The van der Waals surface area contributed by atoms with E-state index >= 15 is 0 Å². The Morgan fingerprint density at radius 3 is 2.75 bits per heavy atom. The van der Waals surface area contributed by atoms with Gasteiger partial charge < -0.3 is 14.7 Å². The summed E-state index contributed by atoms with van der Waals surface area (Å²) >= 11 is 1.84. The number of likely N-dealkylation sites (tertiary alicyclic amines) is 1. The van der Waals surface area contributed by atoms with Crippen LogP contribution in [0.15, 0.2) is 4.90 Å². The summed E-state index contributed by atoms with van der Waals surface area (Å²) in [6.07, 6.45) is 3.83. The third-order valence-electron chi connectivity index (χ3n) is 4.96. The van der Waals surface area contributed by atoms with Gasteiger partial charge in [-0.05, 0) is 33.0 Å². The maximum atomic E-state index is 8.86. The molecule has 3 heterocycles. The summed E-state index contributed by atoms with van der Waals surface area (Å²) in [5.74, 6) is 2.90. The SMILES string of the molecule is CN1CCC(N(C)c2nc3c(c(N(C)CCC#N)n2)SCC3)CC1. The molecule has 3 rings (SSSR count). The first kappa shape index (κ1) is 17.3. The molecule has 24 heavy (non-hydrogen) atoms. The molecule has 0 saturated carbocycles. The number of nitriles is 1. The highest BCUT2D eigenvalue weighted by molar-refractivity contribution is 7.99. The zero-order chi connectivity index (χ0) is 17.1. The molecule has 0 amide bonds. The van der Waals surface area contributed by atoms with Crippen LogP contribution in [0.5, 0.6) is 0 Å². The van der Waals surface area contributed by atoms with Gasteiger partial charge in [0.15, 0.2) is 0 Å². The molecule has 6 nitrogen and oxygen atoms in total. The van der Waals surface area contributed by atoms with E-state index in [-0.39, 0.29) is 0 Å². The lowest BCUT2D eigenvalue weighted by molar-refractivity contribution is 0.252. The monoisotopic (exact) mass is 346 g/mol.